The Hall–Kier alpha value is -0.320. The van der Waals surface area contributed by atoms with E-state index in [9.17, 15) is 4.21 Å². The lowest BCUT2D eigenvalue weighted by Gasteiger charge is -2.07. The second-order valence-corrected chi connectivity index (χ2v) is 6.37. The monoisotopic (exact) mass is 261 g/mol. The van der Waals surface area contributed by atoms with E-state index < -0.39 is 9.71 Å². The van der Waals surface area contributed by atoms with Gasteiger partial charge in [0, 0.05) is 9.37 Å². The molecular weight excluding hydrogens is 250 g/mol. The molecule has 4 heteroatoms. The van der Waals surface area contributed by atoms with E-state index in [-0.39, 0.29) is 0 Å². The summed E-state index contributed by atoms with van der Waals surface area (Å²) in [7, 11) is -2.45. The molecule has 0 saturated heterocycles. The normalized spacial score (nSPS) is 15.1. The van der Waals surface area contributed by atoms with Gasteiger partial charge in [-0.15, -0.1) is 0 Å². The van der Waals surface area contributed by atoms with E-state index in [1.165, 1.54) is 0 Å². The SMILES string of the molecule is CC(C)=S(N)(=O)c1ccc(Br)cc1. The molecule has 0 aromatic heterocycles. The van der Waals surface area contributed by atoms with E-state index in [0.717, 1.165) is 9.34 Å². The highest BCUT2D eigenvalue weighted by Crippen LogP contribution is 2.14. The average Bonchev–Trinajstić information content (AvgIpc) is 2.04. The highest BCUT2D eigenvalue weighted by Gasteiger charge is 2.05. The first-order valence-electron chi connectivity index (χ1n) is 3.82. The van der Waals surface area contributed by atoms with Crippen molar-refractivity contribution >= 4 is 30.5 Å². The molecule has 72 valence electrons. The van der Waals surface area contributed by atoms with Crippen LogP contribution in [0.3, 0.4) is 0 Å². The Balaban J connectivity index is 3.34. The molecule has 1 atom stereocenters. The quantitative estimate of drug-likeness (QED) is 0.774. The largest absolute Gasteiger partial charge is 0.255 e. The zero-order valence-corrected chi connectivity index (χ0v) is 9.98. The van der Waals surface area contributed by atoms with Gasteiger partial charge in [-0.25, -0.2) is 4.21 Å². The minimum absolute atomic E-state index is 0.677. The molecule has 0 radical (unpaired) electrons. The predicted molar refractivity (Wildman–Crippen MR) is 61.1 cm³/mol. The number of nitrogens with two attached hydrogens (primary N) is 1. The van der Waals surface area contributed by atoms with Gasteiger partial charge in [-0.05, 0) is 43.0 Å². The second kappa shape index (κ2) is 3.82. The fourth-order valence-electron chi connectivity index (χ4n) is 0.872. The maximum atomic E-state index is 11.9. The summed E-state index contributed by atoms with van der Waals surface area (Å²) in [5, 5.41) is 5.71. The van der Waals surface area contributed by atoms with Crippen molar-refractivity contribution in [2.45, 2.75) is 18.7 Å². The molecule has 13 heavy (non-hydrogen) atoms. The van der Waals surface area contributed by atoms with Crippen LogP contribution in [0, 0.1) is 0 Å². The van der Waals surface area contributed by atoms with E-state index in [1.807, 2.05) is 12.1 Å². The number of hydrogen-bond acceptors (Lipinski definition) is 1. The number of hydrogen-bond donors (Lipinski definition) is 1. The van der Waals surface area contributed by atoms with E-state index in [0.29, 0.717) is 4.90 Å². The lowest BCUT2D eigenvalue weighted by molar-refractivity contribution is 0.681. The first kappa shape index (κ1) is 10.8. The van der Waals surface area contributed by atoms with Gasteiger partial charge in [-0.2, -0.15) is 0 Å². The van der Waals surface area contributed by atoms with Crippen molar-refractivity contribution < 1.29 is 4.21 Å². The van der Waals surface area contributed by atoms with Crippen LogP contribution in [0.15, 0.2) is 33.6 Å². The Kier molecular flexibility index (Phi) is 3.16. The maximum Gasteiger partial charge on any atom is 0.0562 e. The molecule has 0 spiro atoms. The van der Waals surface area contributed by atoms with Crippen LogP contribution in [-0.4, -0.2) is 9.07 Å². The summed E-state index contributed by atoms with van der Waals surface area (Å²) < 4.78 is 12.9. The molecule has 0 saturated carbocycles. The number of halogens is 1. The first-order valence-corrected chi connectivity index (χ1v) is 6.24. The summed E-state index contributed by atoms with van der Waals surface area (Å²) in [6, 6.07) is 7.23. The van der Waals surface area contributed by atoms with Crippen molar-refractivity contribution in [3.05, 3.63) is 28.7 Å². The Morgan fingerprint density at radius 1 is 1.31 bits per heavy atom. The van der Waals surface area contributed by atoms with Crippen molar-refractivity contribution in [1.29, 1.82) is 0 Å². The lowest BCUT2D eigenvalue weighted by Crippen LogP contribution is -2.19. The van der Waals surface area contributed by atoms with Crippen molar-refractivity contribution in [3.63, 3.8) is 0 Å². The Labute approximate surface area is 87.4 Å². The van der Waals surface area contributed by atoms with Crippen molar-refractivity contribution in [1.82, 2.24) is 0 Å². The molecule has 1 aromatic rings. The van der Waals surface area contributed by atoms with Gasteiger partial charge < -0.3 is 0 Å². The van der Waals surface area contributed by atoms with Crippen LogP contribution in [0.4, 0.5) is 0 Å². The minimum atomic E-state index is -2.45. The summed E-state index contributed by atoms with van der Waals surface area (Å²) in [5.41, 5.74) is 0. The van der Waals surface area contributed by atoms with Crippen molar-refractivity contribution in [2.75, 3.05) is 0 Å². The second-order valence-electron chi connectivity index (χ2n) is 2.96. The van der Waals surface area contributed by atoms with Gasteiger partial charge in [0.15, 0.2) is 0 Å². The molecule has 0 bridgehead atoms. The van der Waals surface area contributed by atoms with Gasteiger partial charge in [-0.3, -0.25) is 5.14 Å². The third kappa shape index (κ3) is 2.33. The molecule has 0 aliphatic heterocycles. The smallest absolute Gasteiger partial charge is 0.0562 e. The fraction of sp³-hybridized carbons (Fsp3) is 0.222. The summed E-state index contributed by atoms with van der Waals surface area (Å²) in [4.78, 5) is 1.42. The fourth-order valence-corrected chi connectivity index (χ4v) is 2.15. The number of rotatable bonds is 1. The number of benzene rings is 1. The molecule has 0 aliphatic rings. The van der Waals surface area contributed by atoms with Gasteiger partial charge in [0.1, 0.15) is 0 Å². The predicted octanol–water partition coefficient (Wildman–Crippen LogP) is 2.18. The molecule has 1 rings (SSSR count). The Morgan fingerprint density at radius 2 is 1.77 bits per heavy atom. The van der Waals surface area contributed by atoms with Gasteiger partial charge in [-0.1, -0.05) is 15.9 Å². The van der Waals surface area contributed by atoms with Gasteiger partial charge in [0.05, 0.1) is 9.71 Å². The van der Waals surface area contributed by atoms with Crippen LogP contribution in [0.25, 0.3) is 0 Å². The van der Waals surface area contributed by atoms with E-state index in [1.54, 1.807) is 26.0 Å². The van der Waals surface area contributed by atoms with Crippen LogP contribution in [-0.2, 0) is 9.71 Å². The van der Waals surface area contributed by atoms with Crippen LogP contribution in [0.1, 0.15) is 13.8 Å². The van der Waals surface area contributed by atoms with Crippen LogP contribution >= 0.6 is 15.9 Å². The Bertz CT molecular complexity index is 412. The summed E-state index contributed by atoms with van der Waals surface area (Å²) in [6.45, 7) is 3.56. The minimum Gasteiger partial charge on any atom is -0.255 e. The summed E-state index contributed by atoms with van der Waals surface area (Å²) in [5.74, 6) is 0. The summed E-state index contributed by atoms with van der Waals surface area (Å²) in [6.07, 6.45) is 0. The molecule has 2 N–H and O–H groups in total. The highest BCUT2D eigenvalue weighted by molar-refractivity contribution is 9.10. The summed E-state index contributed by atoms with van der Waals surface area (Å²) >= 11 is 3.31. The third-order valence-corrected chi connectivity index (χ3v) is 4.48. The van der Waals surface area contributed by atoms with E-state index >= 15 is 0 Å². The van der Waals surface area contributed by atoms with E-state index in [4.69, 9.17) is 5.14 Å². The van der Waals surface area contributed by atoms with Gasteiger partial charge in [0.25, 0.3) is 0 Å². The zero-order chi connectivity index (χ0) is 10.1. The first-order chi connectivity index (χ1) is 5.94. The van der Waals surface area contributed by atoms with Crippen LogP contribution in [0.5, 0.6) is 0 Å². The molecule has 0 aliphatic carbocycles. The molecule has 1 unspecified atom stereocenters. The zero-order valence-electron chi connectivity index (χ0n) is 7.58. The van der Waals surface area contributed by atoms with Crippen molar-refractivity contribution in [3.8, 4) is 0 Å². The molecule has 1 aromatic carbocycles. The van der Waals surface area contributed by atoms with Crippen molar-refractivity contribution in [2.24, 2.45) is 5.14 Å². The third-order valence-electron chi connectivity index (χ3n) is 1.77. The van der Waals surface area contributed by atoms with Gasteiger partial charge >= 0.3 is 0 Å². The lowest BCUT2D eigenvalue weighted by atomic mass is 10.4. The maximum absolute atomic E-state index is 11.9. The standard InChI is InChI=1S/C9H12BrNOS/c1-7(2)13(11,12)9-5-3-8(10)4-6-9/h3-6H,1-2H3,(H2,11,12). The molecule has 0 heterocycles. The van der Waals surface area contributed by atoms with E-state index in [2.05, 4.69) is 15.9 Å². The van der Waals surface area contributed by atoms with Crippen LogP contribution < -0.4 is 5.14 Å². The molecule has 0 fully saturated rings. The molecule has 0 amide bonds. The topological polar surface area (TPSA) is 43.1 Å². The average molecular weight is 262 g/mol. The van der Waals surface area contributed by atoms with Crippen LogP contribution in [0.2, 0.25) is 0 Å². The molecular formula is C9H12BrNOS. The highest BCUT2D eigenvalue weighted by atomic mass is 79.9. The van der Waals surface area contributed by atoms with Gasteiger partial charge in [0.2, 0.25) is 0 Å². The molecule has 2 nitrogen and oxygen atoms in total. The Morgan fingerprint density at radius 3 is 2.15 bits per heavy atom.